The van der Waals surface area contributed by atoms with Crippen molar-refractivity contribution >= 4 is 0 Å². The molecule has 1 nitrogen and oxygen atoms in total. The molecule has 0 atom stereocenters. The molecule has 21 heavy (non-hydrogen) atoms. The molecule has 0 aliphatic rings. The van der Waals surface area contributed by atoms with E-state index in [0.29, 0.717) is 0 Å². The van der Waals surface area contributed by atoms with E-state index in [0.717, 1.165) is 36.1 Å². The smallest absolute Gasteiger partial charge is 0.118 e. The third-order valence-electron chi connectivity index (χ3n) is 3.27. The third kappa shape index (κ3) is 4.85. The summed E-state index contributed by atoms with van der Waals surface area (Å²) in [5.74, 6) is 7.20. The van der Waals surface area contributed by atoms with Crippen molar-refractivity contribution in [3.63, 3.8) is 0 Å². The van der Waals surface area contributed by atoms with Crippen molar-refractivity contribution in [3.05, 3.63) is 77.9 Å². The zero-order chi connectivity index (χ0) is 14.9. The maximum Gasteiger partial charge on any atom is 0.118 e. The van der Waals surface area contributed by atoms with E-state index in [2.05, 4.69) is 42.7 Å². The third-order valence-corrected chi connectivity index (χ3v) is 3.27. The fraction of sp³-hybridized carbons (Fsp3) is 0.200. The predicted octanol–water partition coefficient (Wildman–Crippen LogP) is 4.60. The average Bonchev–Trinajstić information content (AvgIpc) is 2.55. The van der Waals surface area contributed by atoms with Gasteiger partial charge in [-0.05, 0) is 61.2 Å². The van der Waals surface area contributed by atoms with Crippen LogP contribution in [0.3, 0.4) is 0 Å². The van der Waals surface area contributed by atoms with Gasteiger partial charge in [0, 0.05) is 11.1 Å². The number of unbranched alkanes of at least 4 members (excludes halogenated alkanes) is 1. The van der Waals surface area contributed by atoms with Gasteiger partial charge < -0.3 is 4.74 Å². The molecule has 1 heteroatoms. The second kappa shape index (κ2) is 7.97. The van der Waals surface area contributed by atoms with Crippen molar-refractivity contribution < 1.29 is 4.74 Å². The first kappa shape index (κ1) is 14.9. The normalized spacial score (nSPS) is 9.57. The molecular formula is C20H20O. The number of hydrogen-bond acceptors (Lipinski definition) is 1. The maximum absolute atomic E-state index is 5.13. The number of methoxy groups -OCH3 is 1. The van der Waals surface area contributed by atoms with E-state index >= 15 is 0 Å². The molecule has 0 bridgehead atoms. The van der Waals surface area contributed by atoms with Crippen LogP contribution in [0.4, 0.5) is 0 Å². The molecular weight excluding hydrogens is 256 g/mol. The van der Waals surface area contributed by atoms with Crippen LogP contribution in [0.2, 0.25) is 0 Å². The minimum Gasteiger partial charge on any atom is -0.497 e. The molecule has 0 saturated carbocycles. The SMILES string of the molecule is C=CCCCc1ccc(C#Cc2ccc(OC)cc2)cc1. The summed E-state index contributed by atoms with van der Waals surface area (Å²) >= 11 is 0. The monoisotopic (exact) mass is 276 g/mol. The molecule has 2 aromatic rings. The Labute approximate surface area is 127 Å². The van der Waals surface area contributed by atoms with Gasteiger partial charge in [0.25, 0.3) is 0 Å². The van der Waals surface area contributed by atoms with Gasteiger partial charge in [-0.25, -0.2) is 0 Å². The van der Waals surface area contributed by atoms with Crippen LogP contribution in [0.25, 0.3) is 0 Å². The summed E-state index contributed by atoms with van der Waals surface area (Å²) in [7, 11) is 1.66. The fourth-order valence-corrected chi connectivity index (χ4v) is 2.02. The molecule has 0 N–H and O–H groups in total. The van der Waals surface area contributed by atoms with E-state index in [9.17, 15) is 0 Å². The number of aryl methyl sites for hydroxylation is 1. The number of hydrogen-bond donors (Lipinski definition) is 0. The lowest BCUT2D eigenvalue weighted by molar-refractivity contribution is 0.415. The molecule has 0 aliphatic carbocycles. The van der Waals surface area contributed by atoms with Crippen LogP contribution in [0.5, 0.6) is 5.75 Å². The molecule has 0 spiro atoms. The van der Waals surface area contributed by atoms with Crippen LogP contribution >= 0.6 is 0 Å². The number of rotatable bonds is 5. The summed E-state index contributed by atoms with van der Waals surface area (Å²) in [6, 6.07) is 16.3. The zero-order valence-corrected chi connectivity index (χ0v) is 12.4. The van der Waals surface area contributed by atoms with E-state index in [1.54, 1.807) is 7.11 Å². The van der Waals surface area contributed by atoms with Crippen LogP contribution in [-0.4, -0.2) is 7.11 Å². The molecule has 0 amide bonds. The summed E-state index contributed by atoms with van der Waals surface area (Å²) in [4.78, 5) is 0. The highest BCUT2D eigenvalue weighted by atomic mass is 16.5. The molecule has 2 rings (SSSR count). The van der Waals surface area contributed by atoms with E-state index in [1.807, 2.05) is 30.3 Å². The molecule has 2 aromatic carbocycles. The highest BCUT2D eigenvalue weighted by Crippen LogP contribution is 2.11. The second-order valence-corrected chi connectivity index (χ2v) is 4.86. The Balaban J connectivity index is 1.99. The van der Waals surface area contributed by atoms with Crippen molar-refractivity contribution in [2.75, 3.05) is 7.11 Å². The van der Waals surface area contributed by atoms with Gasteiger partial charge in [0.2, 0.25) is 0 Å². The summed E-state index contributed by atoms with van der Waals surface area (Å²) < 4.78 is 5.13. The lowest BCUT2D eigenvalue weighted by atomic mass is 10.1. The van der Waals surface area contributed by atoms with Crippen molar-refractivity contribution in [2.24, 2.45) is 0 Å². The van der Waals surface area contributed by atoms with Crippen LogP contribution in [0.1, 0.15) is 29.5 Å². The van der Waals surface area contributed by atoms with Gasteiger partial charge in [-0.15, -0.1) is 6.58 Å². The van der Waals surface area contributed by atoms with Gasteiger partial charge in [0.1, 0.15) is 5.75 Å². The molecule has 0 heterocycles. The van der Waals surface area contributed by atoms with Gasteiger partial charge in [-0.1, -0.05) is 30.0 Å². The molecule has 0 saturated heterocycles. The predicted molar refractivity (Wildman–Crippen MR) is 88.6 cm³/mol. The Bertz CT molecular complexity index is 624. The van der Waals surface area contributed by atoms with E-state index in [1.165, 1.54) is 5.56 Å². The minimum absolute atomic E-state index is 0.851. The molecule has 0 aliphatic heterocycles. The Hall–Kier alpha value is -2.46. The standard InChI is InChI=1S/C20H20O/c1-3-4-5-6-17-7-9-18(10-8-17)11-12-19-13-15-20(21-2)16-14-19/h3,7-10,13-16H,1,4-6H2,2H3. The van der Waals surface area contributed by atoms with Crippen LogP contribution < -0.4 is 4.74 Å². The number of ether oxygens (including phenoxy) is 1. The van der Waals surface area contributed by atoms with Crippen LogP contribution in [0, 0.1) is 11.8 Å². The lowest BCUT2D eigenvalue weighted by Gasteiger charge is -2.00. The first-order valence-corrected chi connectivity index (χ1v) is 7.18. The molecule has 0 unspecified atom stereocenters. The topological polar surface area (TPSA) is 9.23 Å². The minimum atomic E-state index is 0.851. The highest BCUT2D eigenvalue weighted by Gasteiger charge is 1.93. The average molecular weight is 276 g/mol. The Morgan fingerprint density at radius 1 is 0.952 bits per heavy atom. The first-order chi connectivity index (χ1) is 10.3. The second-order valence-electron chi connectivity index (χ2n) is 4.86. The largest absolute Gasteiger partial charge is 0.497 e. The quantitative estimate of drug-likeness (QED) is 0.440. The van der Waals surface area contributed by atoms with Gasteiger partial charge in [0.05, 0.1) is 7.11 Å². The van der Waals surface area contributed by atoms with Crippen molar-refractivity contribution in [1.82, 2.24) is 0 Å². The van der Waals surface area contributed by atoms with E-state index < -0.39 is 0 Å². The fourth-order valence-electron chi connectivity index (χ4n) is 2.02. The molecule has 0 radical (unpaired) electrons. The first-order valence-electron chi connectivity index (χ1n) is 7.18. The van der Waals surface area contributed by atoms with Crippen LogP contribution in [0.15, 0.2) is 61.2 Å². The van der Waals surface area contributed by atoms with Crippen molar-refractivity contribution in [1.29, 1.82) is 0 Å². The summed E-state index contributed by atoms with van der Waals surface area (Å²) in [6.07, 6.45) is 5.28. The molecule has 0 aromatic heterocycles. The molecule has 0 fully saturated rings. The Kier molecular flexibility index (Phi) is 5.67. The highest BCUT2D eigenvalue weighted by molar-refractivity contribution is 5.44. The van der Waals surface area contributed by atoms with Crippen LogP contribution in [-0.2, 0) is 6.42 Å². The number of benzene rings is 2. The van der Waals surface area contributed by atoms with E-state index in [4.69, 9.17) is 4.74 Å². The lowest BCUT2D eigenvalue weighted by Crippen LogP contribution is -1.85. The zero-order valence-electron chi connectivity index (χ0n) is 12.4. The van der Waals surface area contributed by atoms with E-state index in [-0.39, 0.29) is 0 Å². The van der Waals surface area contributed by atoms with Gasteiger partial charge in [-0.3, -0.25) is 0 Å². The van der Waals surface area contributed by atoms with Crippen molar-refractivity contribution in [3.8, 4) is 17.6 Å². The van der Waals surface area contributed by atoms with Gasteiger partial charge in [-0.2, -0.15) is 0 Å². The summed E-state index contributed by atoms with van der Waals surface area (Å²) in [6.45, 7) is 3.74. The number of allylic oxidation sites excluding steroid dienone is 1. The summed E-state index contributed by atoms with van der Waals surface area (Å²) in [5, 5.41) is 0. The van der Waals surface area contributed by atoms with Gasteiger partial charge >= 0.3 is 0 Å². The Morgan fingerprint density at radius 3 is 2.05 bits per heavy atom. The maximum atomic E-state index is 5.13. The van der Waals surface area contributed by atoms with Gasteiger partial charge in [0.15, 0.2) is 0 Å². The Morgan fingerprint density at radius 2 is 1.52 bits per heavy atom. The molecule has 106 valence electrons. The van der Waals surface area contributed by atoms with Crippen molar-refractivity contribution in [2.45, 2.75) is 19.3 Å². The summed E-state index contributed by atoms with van der Waals surface area (Å²) in [5.41, 5.74) is 3.39.